The van der Waals surface area contributed by atoms with Crippen LogP contribution in [-0.4, -0.2) is 95.7 Å². The average Bonchev–Trinajstić information content (AvgIpc) is 3.35. The quantitative estimate of drug-likeness (QED) is 0.0520. The molecule has 1 saturated heterocycles. The summed E-state index contributed by atoms with van der Waals surface area (Å²) in [5.41, 5.74) is 21.3. The molecule has 210 valence electrons. The molecule has 14 N–H and O–H groups in total. The number of carboxylic acids is 1. The van der Waals surface area contributed by atoms with Crippen LogP contribution in [0.2, 0.25) is 0 Å². The Morgan fingerprint density at radius 1 is 0.919 bits per heavy atom. The van der Waals surface area contributed by atoms with Gasteiger partial charge in [-0.2, -0.15) is 0 Å². The molecule has 3 amide bonds. The van der Waals surface area contributed by atoms with Crippen molar-refractivity contribution >= 4 is 35.6 Å². The van der Waals surface area contributed by atoms with Crippen molar-refractivity contribution in [1.82, 2.24) is 21.3 Å². The molecule has 5 atom stereocenters. The normalized spacial score (nSPS) is 17.9. The first-order valence-corrected chi connectivity index (χ1v) is 12.1. The number of hydrogen-bond acceptors (Lipinski definition) is 8. The molecule has 1 aliphatic rings. The van der Waals surface area contributed by atoms with Gasteiger partial charge >= 0.3 is 5.97 Å². The lowest BCUT2D eigenvalue weighted by Gasteiger charge is -2.25. The van der Waals surface area contributed by atoms with Crippen LogP contribution in [0.4, 0.5) is 0 Å². The Morgan fingerprint density at radius 2 is 1.43 bits per heavy atom. The molecule has 1 rings (SSSR count). The zero-order valence-electron chi connectivity index (χ0n) is 21.0. The topological polar surface area (TPSA) is 286 Å². The number of nitrogens with two attached hydrogens (primary N) is 4. The van der Waals surface area contributed by atoms with Crippen molar-refractivity contribution in [2.45, 2.75) is 75.7 Å². The summed E-state index contributed by atoms with van der Waals surface area (Å²) >= 11 is 0. The van der Waals surface area contributed by atoms with E-state index in [0.717, 1.165) is 6.42 Å². The number of carbonyl (C=O) groups excluding carboxylic acids is 3. The highest BCUT2D eigenvalue weighted by Crippen LogP contribution is 2.08. The molecule has 0 saturated carbocycles. The Labute approximate surface area is 215 Å². The molecule has 37 heavy (non-hydrogen) atoms. The second-order valence-corrected chi connectivity index (χ2v) is 8.73. The first kappa shape index (κ1) is 31.4. The highest BCUT2D eigenvalue weighted by Gasteiger charge is 2.32. The third kappa shape index (κ3) is 12.2. The van der Waals surface area contributed by atoms with Crippen molar-refractivity contribution in [2.75, 3.05) is 19.6 Å². The van der Waals surface area contributed by atoms with E-state index < -0.39 is 48.1 Å². The van der Waals surface area contributed by atoms with E-state index in [-0.39, 0.29) is 50.2 Å². The fourth-order valence-electron chi connectivity index (χ4n) is 3.64. The summed E-state index contributed by atoms with van der Waals surface area (Å²) in [6, 6.07) is -4.23. The minimum atomic E-state index is -1.59. The van der Waals surface area contributed by atoms with Gasteiger partial charge in [0.1, 0.15) is 12.1 Å². The van der Waals surface area contributed by atoms with E-state index in [1.807, 2.05) is 0 Å². The summed E-state index contributed by atoms with van der Waals surface area (Å²) in [5, 5.41) is 29.6. The molecule has 5 unspecified atom stereocenters. The van der Waals surface area contributed by atoms with Crippen LogP contribution < -0.4 is 44.2 Å². The maximum absolute atomic E-state index is 13.2. The maximum atomic E-state index is 13.2. The van der Waals surface area contributed by atoms with Gasteiger partial charge in [0.2, 0.25) is 17.7 Å². The Morgan fingerprint density at radius 3 is 1.86 bits per heavy atom. The Bertz CT molecular complexity index is 836. The molecule has 0 aliphatic carbocycles. The number of carboxylic acid groups (broad SMARTS) is 1. The fourth-order valence-corrected chi connectivity index (χ4v) is 3.64. The van der Waals surface area contributed by atoms with Crippen LogP contribution in [0.25, 0.3) is 0 Å². The van der Waals surface area contributed by atoms with Gasteiger partial charge in [-0.05, 0) is 52.0 Å². The van der Waals surface area contributed by atoms with Gasteiger partial charge in [-0.15, -0.1) is 0 Å². The summed E-state index contributed by atoms with van der Waals surface area (Å²) in [4.78, 5) is 57.9. The van der Waals surface area contributed by atoms with Gasteiger partial charge in [0.05, 0.1) is 12.1 Å². The van der Waals surface area contributed by atoms with Gasteiger partial charge in [0.25, 0.3) is 0 Å². The van der Waals surface area contributed by atoms with Crippen LogP contribution >= 0.6 is 0 Å². The monoisotopic (exact) mass is 528 g/mol. The van der Waals surface area contributed by atoms with Gasteiger partial charge in [-0.3, -0.25) is 24.4 Å². The van der Waals surface area contributed by atoms with E-state index in [9.17, 15) is 29.4 Å². The first-order chi connectivity index (χ1) is 17.4. The Hall–Kier alpha value is -3.66. The number of hydrogen-bond donors (Lipinski definition) is 10. The predicted molar refractivity (Wildman–Crippen MR) is 136 cm³/mol. The van der Waals surface area contributed by atoms with Crippen molar-refractivity contribution in [2.24, 2.45) is 32.9 Å². The number of carbonyl (C=O) groups is 4. The second kappa shape index (κ2) is 16.2. The van der Waals surface area contributed by atoms with E-state index in [2.05, 4.69) is 31.3 Å². The fraction of sp³-hybridized carbons (Fsp3) is 0.714. The van der Waals surface area contributed by atoms with Crippen molar-refractivity contribution < 1.29 is 29.4 Å². The number of aliphatic hydroxyl groups is 1. The molecule has 0 aromatic rings. The maximum Gasteiger partial charge on any atom is 0.328 e. The summed E-state index contributed by atoms with van der Waals surface area (Å²) < 4.78 is 0. The number of aliphatic imine (C=N–C) groups is 2. The van der Waals surface area contributed by atoms with Crippen molar-refractivity contribution in [3.63, 3.8) is 0 Å². The molecule has 1 fully saturated rings. The molecular weight excluding hydrogens is 488 g/mol. The highest BCUT2D eigenvalue weighted by molar-refractivity contribution is 5.94. The number of guanidine groups is 2. The molecule has 1 aliphatic heterocycles. The smallest absolute Gasteiger partial charge is 0.328 e. The molecule has 0 spiro atoms. The minimum Gasteiger partial charge on any atom is -0.480 e. The minimum absolute atomic E-state index is 0.0549. The number of aliphatic hydroxyl groups excluding tert-OH is 1. The number of nitrogens with zero attached hydrogens (tertiary/aromatic N) is 2. The van der Waals surface area contributed by atoms with E-state index in [1.165, 1.54) is 6.92 Å². The lowest BCUT2D eigenvalue weighted by atomic mass is 10.1. The van der Waals surface area contributed by atoms with Crippen LogP contribution in [0.5, 0.6) is 0 Å². The van der Waals surface area contributed by atoms with Crippen LogP contribution in [0.1, 0.15) is 45.4 Å². The Balaban J connectivity index is 3.00. The van der Waals surface area contributed by atoms with Crippen LogP contribution in [0.3, 0.4) is 0 Å². The van der Waals surface area contributed by atoms with E-state index >= 15 is 0 Å². The van der Waals surface area contributed by atoms with Gasteiger partial charge < -0.3 is 54.4 Å². The summed E-state index contributed by atoms with van der Waals surface area (Å²) in [6.07, 6.45) is 0.926. The number of nitrogens with one attached hydrogen (secondary N) is 4. The lowest BCUT2D eigenvalue weighted by molar-refractivity contribution is -0.145. The van der Waals surface area contributed by atoms with Crippen LogP contribution in [0.15, 0.2) is 9.98 Å². The third-order valence-electron chi connectivity index (χ3n) is 5.58. The highest BCUT2D eigenvalue weighted by atomic mass is 16.4. The van der Waals surface area contributed by atoms with Crippen molar-refractivity contribution in [3.8, 4) is 0 Å². The zero-order chi connectivity index (χ0) is 28.0. The molecule has 0 aromatic heterocycles. The first-order valence-electron chi connectivity index (χ1n) is 12.1. The summed E-state index contributed by atoms with van der Waals surface area (Å²) in [7, 11) is 0. The van der Waals surface area contributed by atoms with Crippen molar-refractivity contribution in [3.05, 3.63) is 0 Å². The lowest BCUT2D eigenvalue weighted by Crippen LogP contribution is -2.58. The van der Waals surface area contributed by atoms with E-state index in [0.29, 0.717) is 19.4 Å². The SMILES string of the molecule is CC(O)C(NC(=O)C(CCCN=C(N)N)NC(=O)C(CCCN=C(N)N)NC(=O)C1CCCN1)C(=O)O. The molecule has 16 nitrogen and oxygen atoms in total. The predicted octanol–water partition coefficient (Wildman–Crippen LogP) is -4.23. The average molecular weight is 529 g/mol. The molecule has 16 heteroatoms. The van der Waals surface area contributed by atoms with Gasteiger partial charge in [-0.1, -0.05) is 0 Å². The van der Waals surface area contributed by atoms with Gasteiger partial charge in [-0.25, -0.2) is 4.79 Å². The largest absolute Gasteiger partial charge is 0.480 e. The summed E-state index contributed by atoms with van der Waals surface area (Å²) in [5.74, 6) is -3.52. The third-order valence-corrected chi connectivity index (χ3v) is 5.58. The summed E-state index contributed by atoms with van der Waals surface area (Å²) in [6.45, 7) is 2.28. The molecule has 0 radical (unpaired) electrons. The second-order valence-electron chi connectivity index (χ2n) is 8.73. The molecule has 1 heterocycles. The number of aliphatic carboxylic acids is 1. The van der Waals surface area contributed by atoms with E-state index in [4.69, 9.17) is 22.9 Å². The van der Waals surface area contributed by atoms with Gasteiger partial charge in [0.15, 0.2) is 18.0 Å². The molecular formula is C21H40N10O6. The van der Waals surface area contributed by atoms with Crippen molar-refractivity contribution in [1.29, 1.82) is 0 Å². The number of amides is 3. The van der Waals surface area contributed by atoms with E-state index in [1.54, 1.807) is 0 Å². The molecule has 0 aromatic carbocycles. The van der Waals surface area contributed by atoms with Crippen LogP contribution in [-0.2, 0) is 19.2 Å². The molecule has 0 bridgehead atoms. The van der Waals surface area contributed by atoms with Gasteiger partial charge in [0, 0.05) is 13.1 Å². The van der Waals surface area contributed by atoms with Crippen LogP contribution in [0, 0.1) is 0 Å². The standard InChI is InChI=1S/C21H40N10O6/c1-11(32)15(19(36)37)31-18(35)14(7-4-10-28-21(24)25)30-17(34)13(6-3-9-27-20(22)23)29-16(33)12-5-2-8-26-12/h11-15,26,32H,2-10H2,1H3,(H,29,33)(H,30,34)(H,31,35)(H,36,37)(H4,22,23,27)(H4,24,25,28). The number of rotatable bonds is 16. The zero-order valence-corrected chi connectivity index (χ0v) is 21.0. The Kier molecular flexibility index (Phi) is 13.7.